The molecule has 2 N–H and O–H groups in total. The topological polar surface area (TPSA) is 71.1 Å². The molecule has 0 aliphatic carbocycles. The summed E-state index contributed by atoms with van der Waals surface area (Å²) in [6.45, 7) is -0.547. The Morgan fingerprint density at radius 2 is 1.67 bits per heavy atom. The van der Waals surface area contributed by atoms with Gasteiger partial charge < -0.3 is 10.6 Å². The molecule has 2 rings (SSSR count). The van der Waals surface area contributed by atoms with Crippen LogP contribution in [0.15, 0.2) is 24.3 Å². The lowest BCUT2D eigenvalue weighted by Crippen LogP contribution is -2.33. The molecule has 1 aromatic heterocycles. The number of rotatable bonds is 4. The van der Waals surface area contributed by atoms with E-state index in [2.05, 4.69) is 10.3 Å². The van der Waals surface area contributed by atoms with Crippen LogP contribution in [0.5, 0.6) is 0 Å². The molecule has 0 saturated heterocycles. The van der Waals surface area contributed by atoms with E-state index in [1.165, 1.54) is 12.1 Å². The van der Waals surface area contributed by atoms with Crippen LogP contribution < -0.4 is 10.6 Å². The number of nitrogens with one attached hydrogen (secondary N) is 2. The quantitative estimate of drug-likeness (QED) is 0.634. The van der Waals surface area contributed by atoms with Crippen LogP contribution in [0.3, 0.4) is 0 Å². The monoisotopic (exact) mass is 377 g/mol. The highest BCUT2D eigenvalue weighted by atomic mass is 35.5. The third-order valence-corrected chi connectivity index (χ3v) is 3.13. The second-order valence-electron chi connectivity index (χ2n) is 4.46. The van der Waals surface area contributed by atoms with Gasteiger partial charge in [-0.05, 0) is 24.3 Å². The van der Waals surface area contributed by atoms with Crippen LogP contribution in [0.2, 0.25) is 10.3 Å². The summed E-state index contributed by atoms with van der Waals surface area (Å²) in [5, 5.41) is 4.21. The van der Waals surface area contributed by atoms with Crippen LogP contribution in [-0.4, -0.2) is 23.3 Å². The van der Waals surface area contributed by atoms with E-state index in [1.807, 2.05) is 5.32 Å². The van der Waals surface area contributed by atoms with Crippen molar-refractivity contribution < 1.29 is 22.8 Å². The molecule has 126 valence electrons. The maximum Gasteiger partial charge on any atom is 0.251 e. The highest BCUT2D eigenvalue weighted by Gasteiger charge is 2.16. The van der Waals surface area contributed by atoms with Gasteiger partial charge in [0, 0.05) is 5.56 Å². The second kappa shape index (κ2) is 7.50. The van der Waals surface area contributed by atoms with Gasteiger partial charge in [0.2, 0.25) is 5.91 Å². The highest BCUT2D eigenvalue weighted by molar-refractivity contribution is 6.33. The van der Waals surface area contributed by atoms with E-state index < -0.39 is 41.5 Å². The highest BCUT2D eigenvalue weighted by Crippen LogP contribution is 2.19. The summed E-state index contributed by atoms with van der Waals surface area (Å²) < 4.78 is 39.3. The van der Waals surface area contributed by atoms with Crippen molar-refractivity contribution in [1.29, 1.82) is 0 Å². The van der Waals surface area contributed by atoms with Crippen LogP contribution in [0.25, 0.3) is 0 Å². The van der Waals surface area contributed by atoms with E-state index >= 15 is 0 Å². The number of pyridine rings is 1. The van der Waals surface area contributed by atoms with Gasteiger partial charge in [-0.25, -0.2) is 18.2 Å². The second-order valence-corrected chi connectivity index (χ2v) is 5.23. The van der Waals surface area contributed by atoms with Crippen LogP contribution in [0.1, 0.15) is 10.4 Å². The normalized spacial score (nSPS) is 10.4. The number of nitrogens with zero attached hydrogens (tertiary/aromatic N) is 1. The SMILES string of the molecule is O=C(CNC(=O)c1cc(Cl)nc(Cl)c1)Nc1ccc(F)c(F)c1F. The summed E-state index contributed by atoms with van der Waals surface area (Å²) in [5.41, 5.74) is -0.491. The van der Waals surface area contributed by atoms with Gasteiger partial charge in [0.15, 0.2) is 17.5 Å². The Labute approximate surface area is 143 Å². The molecule has 0 fully saturated rings. The lowest BCUT2D eigenvalue weighted by molar-refractivity contribution is -0.115. The van der Waals surface area contributed by atoms with Crippen molar-refractivity contribution in [2.24, 2.45) is 0 Å². The van der Waals surface area contributed by atoms with Crippen molar-refractivity contribution in [2.75, 3.05) is 11.9 Å². The minimum absolute atomic E-state index is 0.0130. The van der Waals surface area contributed by atoms with Crippen LogP contribution in [0, 0.1) is 17.5 Å². The van der Waals surface area contributed by atoms with Crippen molar-refractivity contribution in [3.63, 3.8) is 0 Å². The molecule has 0 aliphatic rings. The first-order chi connectivity index (χ1) is 11.3. The Balaban J connectivity index is 1.98. The van der Waals surface area contributed by atoms with Crippen molar-refractivity contribution in [2.45, 2.75) is 0 Å². The molecule has 2 amide bonds. The molecule has 0 saturated carbocycles. The van der Waals surface area contributed by atoms with E-state index in [0.717, 1.165) is 6.07 Å². The molecule has 2 aromatic rings. The number of hydrogen-bond donors (Lipinski definition) is 2. The summed E-state index contributed by atoms with van der Waals surface area (Å²) in [7, 11) is 0. The fraction of sp³-hybridized carbons (Fsp3) is 0.0714. The number of anilines is 1. The lowest BCUT2D eigenvalue weighted by atomic mass is 10.2. The molecule has 0 aliphatic heterocycles. The number of halogens is 5. The summed E-state index contributed by atoms with van der Waals surface area (Å²) in [4.78, 5) is 27.2. The summed E-state index contributed by atoms with van der Waals surface area (Å²) >= 11 is 11.3. The molecule has 1 heterocycles. The van der Waals surface area contributed by atoms with Gasteiger partial charge in [-0.3, -0.25) is 9.59 Å². The fourth-order valence-corrected chi connectivity index (χ4v) is 2.14. The number of aromatic nitrogens is 1. The maximum absolute atomic E-state index is 13.4. The predicted octanol–water partition coefficient (Wildman–Crippen LogP) is 3.17. The van der Waals surface area contributed by atoms with E-state index in [9.17, 15) is 22.8 Å². The Kier molecular flexibility index (Phi) is 5.63. The zero-order chi connectivity index (χ0) is 17.9. The van der Waals surface area contributed by atoms with Gasteiger partial charge in [-0.2, -0.15) is 0 Å². The summed E-state index contributed by atoms with van der Waals surface area (Å²) in [5.74, 6) is -6.16. The zero-order valence-corrected chi connectivity index (χ0v) is 13.2. The molecule has 0 spiro atoms. The Hall–Kier alpha value is -2.32. The maximum atomic E-state index is 13.4. The standard InChI is InChI=1S/C14H8Cl2F3N3O2/c15-9-3-6(4-10(16)22-9)14(24)20-5-11(23)21-8-2-1-7(17)12(18)13(8)19/h1-4H,5H2,(H,20,24)(H,21,23). The van der Waals surface area contributed by atoms with Crippen LogP contribution >= 0.6 is 23.2 Å². The van der Waals surface area contributed by atoms with Gasteiger partial charge in [-0.1, -0.05) is 23.2 Å². The molecule has 10 heteroatoms. The average Bonchev–Trinajstić information content (AvgIpc) is 2.52. The first-order valence-electron chi connectivity index (χ1n) is 6.32. The fourth-order valence-electron chi connectivity index (χ4n) is 1.68. The lowest BCUT2D eigenvalue weighted by Gasteiger charge is -2.09. The first-order valence-corrected chi connectivity index (χ1v) is 7.08. The van der Waals surface area contributed by atoms with Crippen molar-refractivity contribution in [1.82, 2.24) is 10.3 Å². The number of carbonyl (C=O) groups excluding carboxylic acids is 2. The van der Waals surface area contributed by atoms with Gasteiger partial charge in [-0.15, -0.1) is 0 Å². The van der Waals surface area contributed by atoms with Crippen molar-refractivity contribution in [3.8, 4) is 0 Å². The van der Waals surface area contributed by atoms with E-state index in [4.69, 9.17) is 23.2 Å². The molecular weight excluding hydrogens is 370 g/mol. The summed E-state index contributed by atoms with van der Waals surface area (Å²) in [6.07, 6.45) is 0. The van der Waals surface area contributed by atoms with E-state index in [1.54, 1.807) is 0 Å². The van der Waals surface area contributed by atoms with E-state index in [-0.39, 0.29) is 15.9 Å². The third-order valence-electron chi connectivity index (χ3n) is 2.74. The van der Waals surface area contributed by atoms with E-state index in [0.29, 0.717) is 6.07 Å². The first kappa shape index (κ1) is 18.0. The molecule has 5 nitrogen and oxygen atoms in total. The molecule has 0 atom stereocenters. The molecule has 0 unspecified atom stereocenters. The Morgan fingerprint density at radius 1 is 1.04 bits per heavy atom. The average molecular weight is 378 g/mol. The summed E-state index contributed by atoms with van der Waals surface area (Å²) in [6, 6.07) is 3.98. The minimum atomic E-state index is -1.71. The van der Waals surface area contributed by atoms with Gasteiger partial charge >= 0.3 is 0 Å². The molecule has 24 heavy (non-hydrogen) atoms. The smallest absolute Gasteiger partial charge is 0.251 e. The van der Waals surface area contributed by atoms with Crippen molar-refractivity contribution >= 4 is 40.7 Å². The Morgan fingerprint density at radius 3 is 2.29 bits per heavy atom. The van der Waals surface area contributed by atoms with Gasteiger partial charge in [0.05, 0.1) is 12.2 Å². The van der Waals surface area contributed by atoms with Crippen LogP contribution in [-0.2, 0) is 4.79 Å². The number of hydrogen-bond acceptors (Lipinski definition) is 3. The number of carbonyl (C=O) groups is 2. The minimum Gasteiger partial charge on any atom is -0.343 e. The number of amides is 2. The van der Waals surface area contributed by atoms with Crippen molar-refractivity contribution in [3.05, 3.63) is 57.6 Å². The largest absolute Gasteiger partial charge is 0.343 e. The predicted molar refractivity (Wildman–Crippen MR) is 81.5 cm³/mol. The molecule has 1 aromatic carbocycles. The van der Waals surface area contributed by atoms with Gasteiger partial charge in [0.25, 0.3) is 5.91 Å². The Bertz CT molecular complexity index is 798. The molecular formula is C14H8Cl2F3N3O2. The molecule has 0 radical (unpaired) electrons. The third kappa shape index (κ3) is 4.36. The zero-order valence-electron chi connectivity index (χ0n) is 11.7. The van der Waals surface area contributed by atoms with Gasteiger partial charge in [0.1, 0.15) is 10.3 Å². The molecule has 0 bridgehead atoms. The van der Waals surface area contributed by atoms with Crippen LogP contribution in [0.4, 0.5) is 18.9 Å². The number of benzene rings is 1.